The third-order valence-electron chi connectivity index (χ3n) is 1.59. The number of hydrogen-bond acceptors (Lipinski definition) is 0. The minimum absolute atomic E-state index is 0.535. The SMILES string of the molecule is CCCc1cc(Cl)cc(Cl)c1Cl. The lowest BCUT2D eigenvalue weighted by atomic mass is 10.1. The highest BCUT2D eigenvalue weighted by Crippen LogP contribution is 2.30. The Bertz CT molecular complexity index is 281. The molecule has 0 nitrogen and oxygen atoms in total. The molecule has 3 heteroatoms. The van der Waals surface area contributed by atoms with Crippen LogP contribution in [0.1, 0.15) is 18.9 Å². The molecule has 0 bridgehead atoms. The van der Waals surface area contributed by atoms with Gasteiger partial charge in [-0.05, 0) is 24.1 Å². The van der Waals surface area contributed by atoms with Gasteiger partial charge in [0.1, 0.15) is 0 Å². The zero-order valence-corrected chi connectivity index (χ0v) is 8.97. The average Bonchev–Trinajstić information content (AvgIpc) is 2.00. The van der Waals surface area contributed by atoms with Crippen LogP contribution in [0.4, 0.5) is 0 Å². The maximum Gasteiger partial charge on any atom is 0.0625 e. The van der Waals surface area contributed by atoms with Crippen LogP contribution in [-0.2, 0) is 6.42 Å². The third kappa shape index (κ3) is 2.29. The Morgan fingerprint density at radius 2 is 1.83 bits per heavy atom. The van der Waals surface area contributed by atoms with Crippen molar-refractivity contribution in [3.63, 3.8) is 0 Å². The van der Waals surface area contributed by atoms with Crippen LogP contribution in [0.5, 0.6) is 0 Å². The standard InChI is InChI=1S/C9H9Cl3/c1-2-3-6-4-7(10)5-8(11)9(6)12/h4-5H,2-3H2,1H3. The largest absolute Gasteiger partial charge is 0.0843 e. The molecule has 66 valence electrons. The van der Waals surface area contributed by atoms with Gasteiger partial charge in [-0.3, -0.25) is 0 Å². The van der Waals surface area contributed by atoms with Gasteiger partial charge in [0.05, 0.1) is 10.0 Å². The maximum atomic E-state index is 5.95. The van der Waals surface area contributed by atoms with E-state index in [1.807, 2.05) is 6.07 Å². The fourth-order valence-corrected chi connectivity index (χ4v) is 1.80. The second kappa shape index (κ2) is 4.36. The van der Waals surface area contributed by atoms with Crippen molar-refractivity contribution < 1.29 is 0 Å². The summed E-state index contributed by atoms with van der Waals surface area (Å²) in [7, 11) is 0. The summed E-state index contributed by atoms with van der Waals surface area (Å²) in [4.78, 5) is 0. The van der Waals surface area contributed by atoms with Gasteiger partial charge in [0.25, 0.3) is 0 Å². The van der Waals surface area contributed by atoms with Crippen molar-refractivity contribution in [1.29, 1.82) is 0 Å². The molecule has 0 heterocycles. The molecule has 12 heavy (non-hydrogen) atoms. The second-order valence-electron chi connectivity index (χ2n) is 2.61. The second-order valence-corrected chi connectivity index (χ2v) is 3.83. The first kappa shape index (κ1) is 10.2. The van der Waals surface area contributed by atoms with E-state index in [0.717, 1.165) is 18.4 Å². The molecule has 0 N–H and O–H groups in total. The van der Waals surface area contributed by atoms with Crippen molar-refractivity contribution >= 4 is 34.8 Å². The summed E-state index contributed by atoms with van der Waals surface area (Å²) in [5.74, 6) is 0. The zero-order valence-electron chi connectivity index (χ0n) is 6.70. The van der Waals surface area contributed by atoms with E-state index < -0.39 is 0 Å². The van der Waals surface area contributed by atoms with E-state index in [9.17, 15) is 0 Å². The van der Waals surface area contributed by atoms with Crippen LogP contribution in [0.2, 0.25) is 15.1 Å². The number of benzene rings is 1. The first-order valence-electron chi connectivity index (χ1n) is 3.78. The van der Waals surface area contributed by atoms with Crippen LogP contribution in [0.3, 0.4) is 0 Å². The van der Waals surface area contributed by atoms with E-state index in [1.54, 1.807) is 6.07 Å². The van der Waals surface area contributed by atoms with E-state index in [2.05, 4.69) is 6.92 Å². The fraction of sp³-hybridized carbons (Fsp3) is 0.333. The topological polar surface area (TPSA) is 0 Å². The molecule has 0 saturated carbocycles. The van der Waals surface area contributed by atoms with Gasteiger partial charge in [0, 0.05) is 5.02 Å². The quantitative estimate of drug-likeness (QED) is 0.643. The van der Waals surface area contributed by atoms with Crippen molar-refractivity contribution in [2.45, 2.75) is 19.8 Å². The van der Waals surface area contributed by atoms with E-state index in [1.165, 1.54) is 0 Å². The van der Waals surface area contributed by atoms with Gasteiger partial charge in [0.2, 0.25) is 0 Å². The summed E-state index contributed by atoms with van der Waals surface area (Å²) in [6, 6.07) is 3.52. The van der Waals surface area contributed by atoms with Crippen LogP contribution in [0, 0.1) is 0 Å². The van der Waals surface area contributed by atoms with Gasteiger partial charge in [-0.2, -0.15) is 0 Å². The Balaban J connectivity index is 3.09. The predicted octanol–water partition coefficient (Wildman–Crippen LogP) is 4.60. The first-order chi connectivity index (χ1) is 5.65. The zero-order chi connectivity index (χ0) is 9.14. The average molecular weight is 224 g/mol. The molecule has 0 aliphatic rings. The van der Waals surface area contributed by atoms with E-state index in [-0.39, 0.29) is 0 Å². The highest BCUT2D eigenvalue weighted by Gasteiger charge is 2.05. The first-order valence-corrected chi connectivity index (χ1v) is 4.92. The molecule has 0 fully saturated rings. The molecule has 1 aromatic rings. The Hall–Kier alpha value is 0.0900. The molecule has 0 aliphatic carbocycles. The Labute approximate surface area is 87.4 Å². The molecule has 1 aromatic carbocycles. The summed E-state index contributed by atoms with van der Waals surface area (Å²) in [5, 5.41) is 1.81. The highest BCUT2D eigenvalue weighted by molar-refractivity contribution is 6.43. The monoisotopic (exact) mass is 222 g/mol. The molecule has 0 aromatic heterocycles. The number of aryl methyl sites for hydroxylation is 1. The smallest absolute Gasteiger partial charge is 0.0625 e. The van der Waals surface area contributed by atoms with Crippen LogP contribution in [0.15, 0.2) is 12.1 Å². The van der Waals surface area contributed by atoms with Gasteiger partial charge >= 0.3 is 0 Å². The molecule has 0 aliphatic heterocycles. The van der Waals surface area contributed by atoms with E-state index >= 15 is 0 Å². The number of hydrogen-bond donors (Lipinski definition) is 0. The van der Waals surface area contributed by atoms with Crippen LogP contribution < -0.4 is 0 Å². The van der Waals surface area contributed by atoms with Crippen LogP contribution >= 0.6 is 34.8 Å². The fourth-order valence-electron chi connectivity index (χ4n) is 1.06. The molecule has 0 spiro atoms. The third-order valence-corrected chi connectivity index (χ3v) is 2.65. The van der Waals surface area contributed by atoms with Crippen molar-refractivity contribution in [3.8, 4) is 0 Å². The molecule has 0 saturated heterocycles. The summed E-state index contributed by atoms with van der Waals surface area (Å²) < 4.78 is 0. The molecule has 0 radical (unpaired) electrons. The summed E-state index contributed by atoms with van der Waals surface area (Å²) in [5.41, 5.74) is 1.02. The lowest BCUT2D eigenvalue weighted by Crippen LogP contribution is -1.85. The normalized spacial score (nSPS) is 10.3. The summed E-state index contributed by atoms with van der Waals surface area (Å²) >= 11 is 17.6. The molecule has 0 unspecified atom stereocenters. The van der Waals surface area contributed by atoms with Crippen LogP contribution in [-0.4, -0.2) is 0 Å². The summed E-state index contributed by atoms with van der Waals surface area (Å²) in [6.07, 6.45) is 1.95. The maximum absolute atomic E-state index is 5.95. The van der Waals surface area contributed by atoms with Crippen molar-refractivity contribution in [1.82, 2.24) is 0 Å². The van der Waals surface area contributed by atoms with E-state index in [0.29, 0.717) is 15.1 Å². The predicted molar refractivity (Wildman–Crippen MR) is 55.5 cm³/mol. The Morgan fingerprint density at radius 3 is 2.42 bits per heavy atom. The van der Waals surface area contributed by atoms with Crippen molar-refractivity contribution in [2.24, 2.45) is 0 Å². The number of rotatable bonds is 2. The molecule has 1 rings (SSSR count). The van der Waals surface area contributed by atoms with Gasteiger partial charge in [-0.15, -0.1) is 0 Å². The molecule has 0 amide bonds. The lowest BCUT2D eigenvalue weighted by Gasteiger charge is -2.04. The van der Waals surface area contributed by atoms with Gasteiger partial charge in [-0.1, -0.05) is 48.1 Å². The van der Waals surface area contributed by atoms with Crippen LogP contribution in [0.25, 0.3) is 0 Å². The van der Waals surface area contributed by atoms with Crippen molar-refractivity contribution in [2.75, 3.05) is 0 Å². The molecular weight excluding hydrogens is 214 g/mol. The van der Waals surface area contributed by atoms with Gasteiger partial charge in [-0.25, -0.2) is 0 Å². The Morgan fingerprint density at radius 1 is 1.17 bits per heavy atom. The highest BCUT2D eigenvalue weighted by atomic mass is 35.5. The van der Waals surface area contributed by atoms with E-state index in [4.69, 9.17) is 34.8 Å². The molecule has 0 atom stereocenters. The molecular formula is C9H9Cl3. The number of halogens is 3. The minimum atomic E-state index is 0.535. The summed E-state index contributed by atoms with van der Waals surface area (Å²) in [6.45, 7) is 2.09. The van der Waals surface area contributed by atoms with Gasteiger partial charge < -0.3 is 0 Å². The minimum Gasteiger partial charge on any atom is -0.0843 e. The lowest BCUT2D eigenvalue weighted by molar-refractivity contribution is 0.922. The van der Waals surface area contributed by atoms with Gasteiger partial charge in [0.15, 0.2) is 0 Å². The van der Waals surface area contributed by atoms with Crippen molar-refractivity contribution in [3.05, 3.63) is 32.8 Å². The Kier molecular flexibility index (Phi) is 3.70.